The molecule has 2 N–H and O–H groups in total. The van der Waals surface area contributed by atoms with Crippen LogP contribution in [0.1, 0.15) is 31.2 Å². The zero-order valence-corrected chi connectivity index (χ0v) is 14.9. The maximum Gasteiger partial charge on any atom is 0.191 e. The van der Waals surface area contributed by atoms with E-state index in [1.165, 1.54) is 12.0 Å². The molecule has 0 spiro atoms. The summed E-state index contributed by atoms with van der Waals surface area (Å²) in [5.41, 5.74) is 1.32. The third kappa shape index (κ3) is 3.79. The highest BCUT2D eigenvalue weighted by Crippen LogP contribution is 2.41. The smallest absolute Gasteiger partial charge is 0.191 e. The Labute approximate surface area is 142 Å². The third-order valence-corrected chi connectivity index (χ3v) is 4.28. The Balaban J connectivity index is 0.00000147. The van der Waals surface area contributed by atoms with Crippen molar-refractivity contribution in [1.82, 2.24) is 10.6 Å². The Bertz CT molecular complexity index is 506. The average molecular weight is 406 g/mol. The zero-order valence-electron chi connectivity index (χ0n) is 11.8. The second-order valence-corrected chi connectivity index (χ2v) is 6.12. The van der Waals surface area contributed by atoms with E-state index >= 15 is 0 Å². The van der Waals surface area contributed by atoms with Crippen LogP contribution >= 0.6 is 35.6 Å². The topological polar surface area (TPSA) is 36.4 Å². The van der Waals surface area contributed by atoms with E-state index in [0.717, 1.165) is 23.3 Å². The molecule has 3 nitrogen and oxygen atoms in total. The zero-order chi connectivity index (χ0) is 13.4. The van der Waals surface area contributed by atoms with Gasteiger partial charge in [-0.25, -0.2) is 0 Å². The van der Waals surface area contributed by atoms with Crippen LogP contribution in [0.3, 0.4) is 0 Å². The number of nitrogens with one attached hydrogen (secondary N) is 2. The molecule has 2 aliphatic carbocycles. The summed E-state index contributed by atoms with van der Waals surface area (Å²) >= 11 is 6.03. The van der Waals surface area contributed by atoms with Crippen LogP contribution in [0.5, 0.6) is 0 Å². The maximum absolute atomic E-state index is 6.03. The molecule has 0 radical (unpaired) electrons. The number of rotatable bonds is 3. The van der Waals surface area contributed by atoms with Crippen molar-refractivity contribution in [2.24, 2.45) is 10.9 Å². The number of hydrogen-bond acceptors (Lipinski definition) is 1. The van der Waals surface area contributed by atoms with E-state index < -0.39 is 0 Å². The summed E-state index contributed by atoms with van der Waals surface area (Å²) in [6.45, 7) is 2.26. The van der Waals surface area contributed by atoms with Crippen molar-refractivity contribution in [3.8, 4) is 0 Å². The number of halogens is 2. The normalized spacial score (nSPS) is 31.2. The van der Waals surface area contributed by atoms with Gasteiger partial charge in [0, 0.05) is 30.1 Å². The SMILES string of the molecule is CN=C(NC1CC1C)NC1CC1c1cccc(Cl)c1.I. The highest BCUT2D eigenvalue weighted by molar-refractivity contribution is 14.0. The molecule has 110 valence electrons. The molecule has 2 saturated carbocycles. The molecule has 0 heterocycles. The minimum absolute atomic E-state index is 0. The Morgan fingerprint density at radius 2 is 1.95 bits per heavy atom. The fourth-order valence-corrected chi connectivity index (χ4v) is 2.70. The van der Waals surface area contributed by atoms with Gasteiger partial charge in [0.15, 0.2) is 5.96 Å². The predicted octanol–water partition coefficient (Wildman–Crippen LogP) is 3.39. The molecule has 5 heteroatoms. The van der Waals surface area contributed by atoms with Gasteiger partial charge in [0.2, 0.25) is 0 Å². The Kier molecular flexibility index (Phi) is 5.18. The summed E-state index contributed by atoms with van der Waals surface area (Å²) in [5, 5.41) is 7.77. The largest absolute Gasteiger partial charge is 0.353 e. The summed E-state index contributed by atoms with van der Waals surface area (Å²) < 4.78 is 0. The summed E-state index contributed by atoms with van der Waals surface area (Å²) in [4.78, 5) is 4.30. The van der Waals surface area contributed by atoms with Gasteiger partial charge in [0.1, 0.15) is 0 Å². The molecule has 20 heavy (non-hydrogen) atoms. The minimum atomic E-state index is 0. The van der Waals surface area contributed by atoms with E-state index in [4.69, 9.17) is 11.6 Å². The van der Waals surface area contributed by atoms with Crippen LogP contribution in [0.25, 0.3) is 0 Å². The molecule has 2 aliphatic rings. The monoisotopic (exact) mass is 405 g/mol. The van der Waals surface area contributed by atoms with Crippen LogP contribution in [0.2, 0.25) is 5.02 Å². The van der Waals surface area contributed by atoms with Crippen LogP contribution in [0, 0.1) is 5.92 Å². The van der Waals surface area contributed by atoms with Gasteiger partial charge in [-0.2, -0.15) is 0 Å². The quantitative estimate of drug-likeness (QED) is 0.459. The van der Waals surface area contributed by atoms with Gasteiger partial charge in [-0.3, -0.25) is 4.99 Å². The third-order valence-electron chi connectivity index (χ3n) is 4.04. The predicted molar refractivity (Wildman–Crippen MR) is 95.2 cm³/mol. The Hall–Kier alpha value is -0.490. The summed E-state index contributed by atoms with van der Waals surface area (Å²) in [5.74, 6) is 2.28. The average Bonchev–Trinajstić information content (AvgIpc) is 3.28. The lowest BCUT2D eigenvalue weighted by Gasteiger charge is -2.11. The Morgan fingerprint density at radius 3 is 2.55 bits per heavy atom. The van der Waals surface area contributed by atoms with Gasteiger partial charge in [-0.1, -0.05) is 30.7 Å². The van der Waals surface area contributed by atoms with E-state index in [-0.39, 0.29) is 24.0 Å². The minimum Gasteiger partial charge on any atom is -0.353 e. The Morgan fingerprint density at radius 1 is 1.25 bits per heavy atom. The molecule has 0 aromatic heterocycles. The second kappa shape index (κ2) is 6.52. The standard InChI is InChI=1S/C15H20ClN3.HI/c1-9-6-13(9)18-15(17-2)19-14-8-12(14)10-4-3-5-11(16)7-10;/h3-5,7,9,12-14H,6,8H2,1-2H3,(H2,17,18,19);1H. The van der Waals surface area contributed by atoms with E-state index in [0.29, 0.717) is 18.0 Å². The van der Waals surface area contributed by atoms with Gasteiger partial charge in [0.05, 0.1) is 0 Å². The summed E-state index contributed by atoms with van der Waals surface area (Å²) in [7, 11) is 1.83. The van der Waals surface area contributed by atoms with E-state index in [1.54, 1.807) is 0 Å². The van der Waals surface area contributed by atoms with Gasteiger partial charge >= 0.3 is 0 Å². The molecule has 1 aromatic rings. The first-order valence-electron chi connectivity index (χ1n) is 6.92. The van der Waals surface area contributed by atoms with Crippen molar-refractivity contribution >= 4 is 41.5 Å². The lowest BCUT2D eigenvalue weighted by Crippen LogP contribution is -2.40. The molecule has 3 rings (SSSR count). The highest BCUT2D eigenvalue weighted by Gasteiger charge is 2.40. The van der Waals surface area contributed by atoms with Crippen LogP contribution in [0.15, 0.2) is 29.3 Å². The van der Waals surface area contributed by atoms with Crippen molar-refractivity contribution in [3.63, 3.8) is 0 Å². The van der Waals surface area contributed by atoms with Gasteiger partial charge in [-0.15, -0.1) is 24.0 Å². The van der Waals surface area contributed by atoms with Crippen molar-refractivity contribution in [3.05, 3.63) is 34.9 Å². The first-order valence-corrected chi connectivity index (χ1v) is 7.30. The van der Waals surface area contributed by atoms with Gasteiger partial charge in [0.25, 0.3) is 0 Å². The second-order valence-electron chi connectivity index (χ2n) is 5.68. The van der Waals surface area contributed by atoms with Crippen LogP contribution < -0.4 is 10.6 Å². The van der Waals surface area contributed by atoms with Crippen molar-refractivity contribution < 1.29 is 0 Å². The van der Waals surface area contributed by atoms with Crippen molar-refractivity contribution in [1.29, 1.82) is 0 Å². The molecular weight excluding hydrogens is 385 g/mol. The summed E-state index contributed by atoms with van der Waals surface area (Å²) in [6.07, 6.45) is 2.41. The van der Waals surface area contributed by atoms with Crippen molar-refractivity contribution in [2.45, 2.75) is 37.8 Å². The van der Waals surface area contributed by atoms with Gasteiger partial charge < -0.3 is 10.6 Å². The maximum atomic E-state index is 6.03. The number of guanidine groups is 1. The molecule has 0 bridgehead atoms. The number of hydrogen-bond donors (Lipinski definition) is 2. The molecule has 1 aromatic carbocycles. The number of benzene rings is 1. The van der Waals surface area contributed by atoms with Gasteiger partial charge in [-0.05, 0) is 36.5 Å². The van der Waals surface area contributed by atoms with Crippen LogP contribution in [0.4, 0.5) is 0 Å². The number of aliphatic imine (C=N–C) groups is 1. The molecule has 2 fully saturated rings. The molecule has 0 aliphatic heterocycles. The number of nitrogens with zero attached hydrogens (tertiary/aromatic N) is 1. The molecular formula is C15H21ClIN3. The van der Waals surface area contributed by atoms with E-state index in [2.05, 4.69) is 34.7 Å². The highest BCUT2D eigenvalue weighted by atomic mass is 127. The van der Waals surface area contributed by atoms with Crippen LogP contribution in [-0.4, -0.2) is 25.1 Å². The molecule has 0 saturated heterocycles. The molecule has 4 atom stereocenters. The fraction of sp³-hybridized carbons (Fsp3) is 0.533. The van der Waals surface area contributed by atoms with Crippen molar-refractivity contribution in [2.75, 3.05) is 7.05 Å². The molecule has 0 amide bonds. The van der Waals surface area contributed by atoms with Crippen LogP contribution in [-0.2, 0) is 0 Å². The fourth-order valence-electron chi connectivity index (χ4n) is 2.51. The first-order chi connectivity index (χ1) is 9.17. The lowest BCUT2D eigenvalue weighted by atomic mass is 10.1. The molecule has 4 unspecified atom stereocenters. The summed E-state index contributed by atoms with van der Waals surface area (Å²) in [6, 6.07) is 9.25. The first kappa shape index (κ1) is 15.9. The lowest BCUT2D eigenvalue weighted by molar-refractivity contribution is 0.754. The van der Waals surface area contributed by atoms with E-state index in [1.807, 2.05) is 19.2 Å². The van der Waals surface area contributed by atoms with E-state index in [9.17, 15) is 0 Å².